The van der Waals surface area contributed by atoms with Crippen LogP contribution in [0.25, 0.3) is 0 Å². The molecule has 0 fully saturated rings. The Morgan fingerprint density at radius 2 is 1.67 bits per heavy atom. The first-order valence-electron chi connectivity index (χ1n) is 7.76. The number of para-hydroxylation sites is 1. The number of esters is 1. The van der Waals surface area contributed by atoms with Gasteiger partial charge in [0.25, 0.3) is 5.91 Å². The standard InChI is InChI=1S/C18H15Cl4NO4/c1-10-4-2-3-5-13(10)26-7-6-15(25)27-9-14(24)23-18-16(21)11(19)8-12(20)17(18)22/h2-5,8H,6-7,9H2,1H3,(H,23,24). The second-order valence-corrected chi connectivity index (χ2v) is 6.99. The first-order chi connectivity index (χ1) is 12.8. The van der Waals surface area contributed by atoms with Crippen LogP contribution in [0.15, 0.2) is 30.3 Å². The molecule has 2 aromatic carbocycles. The van der Waals surface area contributed by atoms with Gasteiger partial charge in [-0.2, -0.15) is 0 Å². The van der Waals surface area contributed by atoms with Gasteiger partial charge in [0.2, 0.25) is 0 Å². The average Bonchev–Trinajstić information content (AvgIpc) is 2.63. The minimum absolute atomic E-state index is 0.00782. The smallest absolute Gasteiger partial charge is 0.309 e. The van der Waals surface area contributed by atoms with Crippen molar-refractivity contribution in [3.05, 3.63) is 56.0 Å². The average molecular weight is 451 g/mol. The molecule has 0 aliphatic heterocycles. The molecule has 0 aliphatic rings. The number of hydrogen-bond acceptors (Lipinski definition) is 4. The summed E-state index contributed by atoms with van der Waals surface area (Å²) in [6, 6.07) is 8.79. The van der Waals surface area contributed by atoms with Crippen LogP contribution in [0.3, 0.4) is 0 Å². The number of nitrogens with one attached hydrogen (secondary N) is 1. The van der Waals surface area contributed by atoms with Crippen LogP contribution in [0, 0.1) is 6.92 Å². The molecule has 5 nitrogen and oxygen atoms in total. The van der Waals surface area contributed by atoms with Gasteiger partial charge in [-0.05, 0) is 24.6 Å². The van der Waals surface area contributed by atoms with Crippen LogP contribution in [0.4, 0.5) is 5.69 Å². The Morgan fingerprint density at radius 1 is 1.04 bits per heavy atom. The topological polar surface area (TPSA) is 64.6 Å². The highest BCUT2D eigenvalue weighted by molar-refractivity contribution is 6.50. The number of carbonyl (C=O) groups excluding carboxylic acids is 2. The fourth-order valence-corrected chi connectivity index (χ4v) is 2.94. The number of benzene rings is 2. The minimum Gasteiger partial charge on any atom is -0.493 e. The predicted octanol–water partition coefficient (Wildman–Crippen LogP) is 5.56. The summed E-state index contributed by atoms with van der Waals surface area (Å²) in [5, 5.41) is 2.77. The highest BCUT2D eigenvalue weighted by Crippen LogP contribution is 2.40. The van der Waals surface area contributed by atoms with E-state index in [0.29, 0.717) is 5.75 Å². The number of anilines is 1. The van der Waals surface area contributed by atoms with E-state index in [1.54, 1.807) is 6.07 Å². The van der Waals surface area contributed by atoms with E-state index in [-0.39, 0.29) is 38.8 Å². The quantitative estimate of drug-likeness (QED) is 0.443. The number of ether oxygens (including phenoxy) is 2. The molecule has 2 rings (SSSR count). The number of carbonyl (C=O) groups is 2. The summed E-state index contributed by atoms with van der Waals surface area (Å²) in [6.07, 6.45) is -0.00782. The van der Waals surface area contributed by atoms with E-state index in [4.69, 9.17) is 55.9 Å². The maximum Gasteiger partial charge on any atom is 0.309 e. The lowest BCUT2D eigenvalue weighted by atomic mass is 10.2. The number of amides is 1. The van der Waals surface area contributed by atoms with Crippen molar-refractivity contribution in [1.82, 2.24) is 0 Å². The number of aryl methyl sites for hydroxylation is 1. The second-order valence-electron chi connectivity index (χ2n) is 5.42. The Labute approximate surface area is 176 Å². The molecule has 0 saturated carbocycles. The van der Waals surface area contributed by atoms with Crippen molar-refractivity contribution in [1.29, 1.82) is 0 Å². The Morgan fingerprint density at radius 3 is 2.30 bits per heavy atom. The van der Waals surface area contributed by atoms with Crippen LogP contribution >= 0.6 is 46.4 Å². The van der Waals surface area contributed by atoms with E-state index in [0.717, 1.165) is 5.56 Å². The first-order valence-corrected chi connectivity index (χ1v) is 9.27. The van der Waals surface area contributed by atoms with Gasteiger partial charge in [-0.15, -0.1) is 0 Å². The first kappa shape index (κ1) is 21.6. The molecule has 0 heterocycles. The summed E-state index contributed by atoms with van der Waals surface area (Å²) in [5.74, 6) is -0.532. The van der Waals surface area contributed by atoms with Crippen molar-refractivity contribution in [3.8, 4) is 5.75 Å². The summed E-state index contributed by atoms with van der Waals surface area (Å²) in [4.78, 5) is 23.7. The van der Waals surface area contributed by atoms with Crippen LogP contribution in [0.2, 0.25) is 20.1 Å². The van der Waals surface area contributed by atoms with Gasteiger partial charge in [-0.25, -0.2) is 0 Å². The molecule has 0 bridgehead atoms. The number of rotatable bonds is 7. The van der Waals surface area contributed by atoms with Gasteiger partial charge in [0.15, 0.2) is 6.61 Å². The Balaban J connectivity index is 1.80. The summed E-state index contributed by atoms with van der Waals surface area (Å²) in [7, 11) is 0. The summed E-state index contributed by atoms with van der Waals surface area (Å²) < 4.78 is 10.4. The van der Waals surface area contributed by atoms with Crippen molar-refractivity contribution in [2.75, 3.05) is 18.5 Å². The van der Waals surface area contributed by atoms with E-state index in [1.165, 1.54) is 6.07 Å². The summed E-state index contributed by atoms with van der Waals surface area (Å²) >= 11 is 23.8. The highest BCUT2D eigenvalue weighted by Gasteiger charge is 2.17. The second kappa shape index (κ2) is 10.0. The molecule has 0 spiro atoms. The van der Waals surface area contributed by atoms with Crippen molar-refractivity contribution in [3.63, 3.8) is 0 Å². The zero-order chi connectivity index (χ0) is 20.0. The predicted molar refractivity (Wildman–Crippen MR) is 107 cm³/mol. The van der Waals surface area contributed by atoms with Gasteiger partial charge in [-0.1, -0.05) is 64.6 Å². The van der Waals surface area contributed by atoms with E-state index < -0.39 is 18.5 Å². The molecule has 1 N–H and O–H groups in total. The molecule has 0 radical (unpaired) electrons. The Bertz CT molecular complexity index is 831. The van der Waals surface area contributed by atoms with Crippen molar-refractivity contribution >= 4 is 64.0 Å². The lowest BCUT2D eigenvalue weighted by molar-refractivity contribution is -0.147. The molecule has 0 aromatic heterocycles. The molecular weight excluding hydrogens is 436 g/mol. The van der Waals surface area contributed by atoms with E-state index in [2.05, 4.69) is 5.32 Å². The molecule has 9 heteroatoms. The van der Waals surface area contributed by atoms with Crippen LogP contribution in [0.5, 0.6) is 5.75 Å². The van der Waals surface area contributed by atoms with Crippen molar-refractivity contribution in [2.45, 2.75) is 13.3 Å². The molecule has 1 amide bonds. The minimum atomic E-state index is -0.634. The number of halogens is 4. The molecule has 27 heavy (non-hydrogen) atoms. The van der Waals surface area contributed by atoms with Crippen LogP contribution < -0.4 is 10.1 Å². The monoisotopic (exact) mass is 449 g/mol. The van der Waals surface area contributed by atoms with Crippen LogP contribution in [0.1, 0.15) is 12.0 Å². The van der Waals surface area contributed by atoms with Gasteiger partial charge >= 0.3 is 5.97 Å². The third-order valence-corrected chi connectivity index (χ3v) is 4.97. The fraction of sp³-hybridized carbons (Fsp3) is 0.222. The largest absolute Gasteiger partial charge is 0.493 e. The maximum absolute atomic E-state index is 12.0. The van der Waals surface area contributed by atoms with E-state index in [1.807, 2.05) is 25.1 Å². The van der Waals surface area contributed by atoms with Gasteiger partial charge in [0.1, 0.15) is 5.75 Å². The third kappa shape index (κ3) is 6.18. The molecule has 0 saturated heterocycles. The summed E-state index contributed by atoms with van der Waals surface area (Å²) in [5.41, 5.74) is 1.01. The Kier molecular flexibility index (Phi) is 8.05. The molecule has 0 unspecified atom stereocenters. The van der Waals surface area contributed by atoms with Crippen molar-refractivity contribution in [2.24, 2.45) is 0 Å². The molecular formula is C18H15Cl4NO4. The van der Waals surface area contributed by atoms with E-state index in [9.17, 15) is 9.59 Å². The van der Waals surface area contributed by atoms with Gasteiger partial charge in [0.05, 0.1) is 38.8 Å². The summed E-state index contributed by atoms with van der Waals surface area (Å²) in [6.45, 7) is 1.52. The normalized spacial score (nSPS) is 10.4. The van der Waals surface area contributed by atoms with Crippen LogP contribution in [-0.2, 0) is 14.3 Å². The number of hydrogen-bond donors (Lipinski definition) is 1. The highest BCUT2D eigenvalue weighted by atomic mass is 35.5. The van der Waals surface area contributed by atoms with Crippen molar-refractivity contribution < 1.29 is 19.1 Å². The lowest BCUT2D eigenvalue weighted by Gasteiger charge is -2.12. The van der Waals surface area contributed by atoms with Crippen LogP contribution in [-0.4, -0.2) is 25.1 Å². The molecule has 0 aliphatic carbocycles. The van der Waals surface area contributed by atoms with E-state index >= 15 is 0 Å². The van der Waals surface area contributed by atoms with Gasteiger partial charge in [0, 0.05) is 0 Å². The van der Waals surface area contributed by atoms with Gasteiger partial charge < -0.3 is 14.8 Å². The lowest BCUT2D eigenvalue weighted by Crippen LogP contribution is -2.22. The van der Waals surface area contributed by atoms with Gasteiger partial charge in [-0.3, -0.25) is 9.59 Å². The fourth-order valence-electron chi connectivity index (χ4n) is 2.04. The molecule has 0 atom stereocenters. The zero-order valence-electron chi connectivity index (χ0n) is 14.2. The SMILES string of the molecule is Cc1ccccc1OCCC(=O)OCC(=O)Nc1c(Cl)c(Cl)cc(Cl)c1Cl. The third-order valence-electron chi connectivity index (χ3n) is 3.40. The maximum atomic E-state index is 12.0. The molecule has 2 aromatic rings. The Hall–Kier alpha value is -1.66. The zero-order valence-corrected chi connectivity index (χ0v) is 17.2. The molecule has 144 valence electrons.